The zero-order chi connectivity index (χ0) is 8.55. The Balaban J connectivity index is 1.83. The van der Waals surface area contributed by atoms with Gasteiger partial charge in [-0.2, -0.15) is 0 Å². The molecule has 0 aromatic rings. The maximum Gasteiger partial charge on any atom is 0.0975 e. The van der Waals surface area contributed by atoms with Crippen LogP contribution < -0.4 is 5.73 Å². The summed E-state index contributed by atoms with van der Waals surface area (Å²) < 4.78 is 13.8. The molecule has 0 spiro atoms. The number of hydrogen-bond donors (Lipinski definition) is 1. The monoisotopic (exact) mass is 188 g/mol. The zero-order valence-electron chi connectivity index (χ0n) is 7.24. The van der Waals surface area contributed by atoms with Gasteiger partial charge in [0, 0.05) is 24.4 Å². The maximum atomic E-state index is 11.8. The van der Waals surface area contributed by atoms with E-state index >= 15 is 0 Å². The molecule has 1 saturated heterocycles. The summed E-state index contributed by atoms with van der Waals surface area (Å²) in [7, 11) is -0.721. The molecule has 1 heterocycles. The van der Waals surface area contributed by atoms with Gasteiger partial charge in [0.1, 0.15) is 0 Å². The molecule has 0 aromatic heterocycles. The van der Waals surface area contributed by atoms with E-state index in [1.165, 1.54) is 12.8 Å². The molecule has 1 atom stereocenters. The van der Waals surface area contributed by atoms with Crippen LogP contribution in [0.3, 0.4) is 0 Å². The van der Waals surface area contributed by atoms with Crippen LogP contribution in [0, 0.1) is 0 Å². The highest BCUT2D eigenvalue weighted by atomic mass is 32.2. The Bertz CT molecular complexity index is 185. The SMILES string of the molecule is NC1CN(S(=O)C2CCCC2)C1. The second kappa shape index (κ2) is 3.44. The molecule has 1 aliphatic heterocycles. The molecule has 1 saturated carbocycles. The number of nitrogens with zero attached hydrogens (tertiary/aromatic N) is 1. The van der Waals surface area contributed by atoms with Crippen LogP contribution in [-0.2, 0) is 11.0 Å². The molecular formula is C8H16N2OS. The minimum atomic E-state index is -0.721. The van der Waals surface area contributed by atoms with Gasteiger partial charge in [-0.05, 0) is 12.8 Å². The van der Waals surface area contributed by atoms with Gasteiger partial charge in [-0.1, -0.05) is 12.8 Å². The van der Waals surface area contributed by atoms with E-state index in [1.807, 2.05) is 4.31 Å². The van der Waals surface area contributed by atoms with Crippen LogP contribution >= 0.6 is 0 Å². The highest BCUT2D eigenvalue weighted by Crippen LogP contribution is 2.26. The molecule has 1 unspecified atom stereocenters. The normalized spacial score (nSPS) is 30.4. The standard InChI is InChI=1S/C8H16N2OS/c9-7-5-10(6-7)12(11)8-3-1-2-4-8/h7-8H,1-6,9H2. The second-order valence-corrected chi connectivity index (χ2v) is 5.53. The van der Waals surface area contributed by atoms with Crippen LogP contribution in [0.2, 0.25) is 0 Å². The van der Waals surface area contributed by atoms with Crippen molar-refractivity contribution in [1.29, 1.82) is 0 Å². The zero-order valence-corrected chi connectivity index (χ0v) is 8.05. The fourth-order valence-corrected chi connectivity index (χ4v) is 3.75. The van der Waals surface area contributed by atoms with Crippen LogP contribution in [0.15, 0.2) is 0 Å². The molecule has 2 fully saturated rings. The number of rotatable bonds is 2. The molecule has 2 aliphatic rings. The van der Waals surface area contributed by atoms with Crippen LogP contribution in [0.25, 0.3) is 0 Å². The average Bonchev–Trinajstić information content (AvgIpc) is 2.49. The molecule has 1 aliphatic carbocycles. The Morgan fingerprint density at radius 1 is 1.25 bits per heavy atom. The second-order valence-electron chi connectivity index (χ2n) is 3.79. The van der Waals surface area contributed by atoms with E-state index in [1.54, 1.807) is 0 Å². The van der Waals surface area contributed by atoms with Crippen molar-refractivity contribution in [3.8, 4) is 0 Å². The maximum absolute atomic E-state index is 11.8. The van der Waals surface area contributed by atoms with Gasteiger partial charge in [0.2, 0.25) is 0 Å². The Kier molecular flexibility index (Phi) is 2.48. The molecule has 0 aromatic carbocycles. The summed E-state index contributed by atoms with van der Waals surface area (Å²) in [6.45, 7) is 1.67. The van der Waals surface area contributed by atoms with Crippen molar-refractivity contribution in [3.63, 3.8) is 0 Å². The average molecular weight is 188 g/mol. The first-order chi connectivity index (χ1) is 5.77. The molecule has 2 N–H and O–H groups in total. The van der Waals surface area contributed by atoms with E-state index in [9.17, 15) is 4.21 Å². The van der Waals surface area contributed by atoms with Crippen LogP contribution in [0.1, 0.15) is 25.7 Å². The lowest BCUT2D eigenvalue weighted by Gasteiger charge is -2.36. The van der Waals surface area contributed by atoms with E-state index < -0.39 is 11.0 Å². The molecule has 0 amide bonds. The summed E-state index contributed by atoms with van der Waals surface area (Å²) in [5.74, 6) is 0. The van der Waals surface area contributed by atoms with Gasteiger partial charge in [-0.15, -0.1) is 0 Å². The molecule has 0 bridgehead atoms. The third-order valence-electron chi connectivity index (χ3n) is 2.72. The molecule has 70 valence electrons. The Labute approximate surface area is 75.9 Å². The van der Waals surface area contributed by atoms with E-state index in [0.717, 1.165) is 25.9 Å². The summed E-state index contributed by atoms with van der Waals surface area (Å²) in [6, 6.07) is 0.273. The smallest absolute Gasteiger partial charge is 0.0975 e. The first-order valence-electron chi connectivity index (χ1n) is 4.68. The van der Waals surface area contributed by atoms with E-state index in [0.29, 0.717) is 5.25 Å². The van der Waals surface area contributed by atoms with Crippen LogP contribution in [0.4, 0.5) is 0 Å². The fraction of sp³-hybridized carbons (Fsp3) is 1.00. The highest BCUT2D eigenvalue weighted by Gasteiger charge is 2.33. The van der Waals surface area contributed by atoms with Crippen LogP contribution in [-0.4, -0.2) is 32.9 Å². The van der Waals surface area contributed by atoms with Crippen molar-refractivity contribution in [2.24, 2.45) is 5.73 Å². The Hall–Kier alpha value is 0.0700. The van der Waals surface area contributed by atoms with Crippen molar-refractivity contribution in [2.45, 2.75) is 37.0 Å². The summed E-state index contributed by atoms with van der Waals surface area (Å²) in [4.78, 5) is 0. The highest BCUT2D eigenvalue weighted by molar-refractivity contribution is 7.83. The van der Waals surface area contributed by atoms with Gasteiger partial charge in [-0.25, -0.2) is 8.51 Å². The predicted octanol–water partition coefficient (Wildman–Crippen LogP) is 0.236. The minimum absolute atomic E-state index is 0.273. The number of nitrogens with two attached hydrogens (primary N) is 1. The molecule has 0 radical (unpaired) electrons. The van der Waals surface area contributed by atoms with Gasteiger partial charge >= 0.3 is 0 Å². The van der Waals surface area contributed by atoms with E-state index in [-0.39, 0.29) is 6.04 Å². The van der Waals surface area contributed by atoms with Crippen molar-refractivity contribution in [3.05, 3.63) is 0 Å². The molecule has 12 heavy (non-hydrogen) atoms. The van der Waals surface area contributed by atoms with Crippen molar-refractivity contribution in [2.75, 3.05) is 13.1 Å². The molecular weight excluding hydrogens is 172 g/mol. The summed E-state index contributed by atoms with van der Waals surface area (Å²) in [5.41, 5.74) is 5.63. The van der Waals surface area contributed by atoms with E-state index in [2.05, 4.69) is 0 Å². The molecule has 4 heteroatoms. The minimum Gasteiger partial charge on any atom is -0.325 e. The largest absolute Gasteiger partial charge is 0.325 e. The van der Waals surface area contributed by atoms with Crippen LogP contribution in [0.5, 0.6) is 0 Å². The lowest BCUT2D eigenvalue weighted by Crippen LogP contribution is -2.57. The lowest BCUT2D eigenvalue weighted by molar-refractivity contribution is 0.277. The first kappa shape index (κ1) is 8.66. The third-order valence-corrected chi connectivity index (χ3v) is 4.57. The van der Waals surface area contributed by atoms with Gasteiger partial charge in [0.15, 0.2) is 0 Å². The Morgan fingerprint density at radius 3 is 2.33 bits per heavy atom. The van der Waals surface area contributed by atoms with Gasteiger partial charge in [-0.3, -0.25) is 0 Å². The Morgan fingerprint density at radius 2 is 1.83 bits per heavy atom. The van der Waals surface area contributed by atoms with Gasteiger partial charge in [0.25, 0.3) is 0 Å². The van der Waals surface area contributed by atoms with Crippen molar-refractivity contribution < 1.29 is 4.21 Å². The van der Waals surface area contributed by atoms with Gasteiger partial charge < -0.3 is 5.73 Å². The summed E-state index contributed by atoms with van der Waals surface area (Å²) in [6.07, 6.45) is 4.82. The topological polar surface area (TPSA) is 46.3 Å². The third kappa shape index (κ3) is 1.56. The summed E-state index contributed by atoms with van der Waals surface area (Å²) in [5, 5.41) is 0.442. The fourth-order valence-electron chi connectivity index (χ4n) is 1.92. The lowest BCUT2D eigenvalue weighted by atomic mass is 10.2. The van der Waals surface area contributed by atoms with Gasteiger partial charge in [0.05, 0.1) is 11.0 Å². The molecule has 2 rings (SSSR count). The quantitative estimate of drug-likeness (QED) is 0.674. The molecule has 3 nitrogen and oxygen atoms in total. The first-order valence-corrected chi connectivity index (χ1v) is 5.85. The van der Waals surface area contributed by atoms with Crippen molar-refractivity contribution >= 4 is 11.0 Å². The number of hydrogen-bond acceptors (Lipinski definition) is 2. The summed E-state index contributed by atoms with van der Waals surface area (Å²) >= 11 is 0. The predicted molar refractivity (Wildman–Crippen MR) is 49.9 cm³/mol. The van der Waals surface area contributed by atoms with E-state index in [4.69, 9.17) is 5.73 Å². The van der Waals surface area contributed by atoms with Crippen molar-refractivity contribution in [1.82, 2.24) is 4.31 Å².